The zero-order valence-electron chi connectivity index (χ0n) is 8.62. The minimum Gasteiger partial charge on any atom is -0.367 e. The molecule has 3 rings (SSSR count). The Balaban J connectivity index is 1.62. The van der Waals surface area contributed by atoms with Crippen LogP contribution in [0, 0.1) is 11.8 Å². The topological polar surface area (TPSA) is 24.9 Å². The molecule has 2 saturated carbocycles. The maximum absolute atomic E-state index is 4.35. The Hall–Kier alpha value is -0.570. The van der Waals surface area contributed by atoms with E-state index in [1.807, 2.05) is 18.3 Å². The fourth-order valence-corrected chi connectivity index (χ4v) is 2.89. The van der Waals surface area contributed by atoms with Crippen molar-refractivity contribution in [3.63, 3.8) is 0 Å². The van der Waals surface area contributed by atoms with Gasteiger partial charge in [0.2, 0.25) is 0 Å². The van der Waals surface area contributed by atoms with Crippen molar-refractivity contribution in [3.8, 4) is 0 Å². The minimum absolute atomic E-state index is 0.655. The SMILES string of the molecule is Brc1ccc(NC2CCC3CC3C2)nc1. The Morgan fingerprint density at radius 1 is 1.20 bits per heavy atom. The first-order valence-electron chi connectivity index (χ1n) is 5.69. The number of pyridine rings is 1. The number of aromatic nitrogens is 1. The quantitative estimate of drug-likeness (QED) is 0.887. The van der Waals surface area contributed by atoms with Gasteiger partial charge in [-0.05, 0) is 65.6 Å². The number of fused-ring (bicyclic) bond motifs is 1. The van der Waals surface area contributed by atoms with Gasteiger partial charge in [0.25, 0.3) is 0 Å². The summed E-state index contributed by atoms with van der Waals surface area (Å²) in [6.07, 6.45) is 7.41. The molecule has 2 aliphatic carbocycles. The van der Waals surface area contributed by atoms with E-state index >= 15 is 0 Å². The molecule has 1 N–H and O–H groups in total. The Morgan fingerprint density at radius 2 is 2.13 bits per heavy atom. The smallest absolute Gasteiger partial charge is 0.126 e. The van der Waals surface area contributed by atoms with Crippen molar-refractivity contribution >= 4 is 21.7 Å². The number of anilines is 1. The van der Waals surface area contributed by atoms with E-state index in [4.69, 9.17) is 0 Å². The van der Waals surface area contributed by atoms with E-state index in [2.05, 4.69) is 26.2 Å². The second kappa shape index (κ2) is 3.78. The van der Waals surface area contributed by atoms with Crippen molar-refractivity contribution in [1.29, 1.82) is 0 Å². The van der Waals surface area contributed by atoms with Crippen LogP contribution in [0.5, 0.6) is 0 Å². The molecule has 15 heavy (non-hydrogen) atoms. The highest BCUT2D eigenvalue weighted by atomic mass is 79.9. The highest BCUT2D eigenvalue weighted by molar-refractivity contribution is 9.10. The molecule has 0 aromatic carbocycles. The van der Waals surface area contributed by atoms with Gasteiger partial charge in [-0.2, -0.15) is 0 Å². The third-order valence-corrected chi connectivity index (χ3v) is 4.09. The highest BCUT2D eigenvalue weighted by Gasteiger charge is 2.41. The van der Waals surface area contributed by atoms with Crippen molar-refractivity contribution in [2.45, 2.75) is 31.7 Å². The zero-order valence-corrected chi connectivity index (χ0v) is 10.2. The molecule has 1 aromatic rings. The fraction of sp³-hybridized carbons (Fsp3) is 0.583. The van der Waals surface area contributed by atoms with Crippen molar-refractivity contribution in [1.82, 2.24) is 4.98 Å². The van der Waals surface area contributed by atoms with E-state index in [1.54, 1.807) is 0 Å². The molecule has 0 aliphatic heterocycles. The van der Waals surface area contributed by atoms with E-state index in [1.165, 1.54) is 25.7 Å². The summed E-state index contributed by atoms with van der Waals surface area (Å²) in [7, 11) is 0. The maximum Gasteiger partial charge on any atom is 0.126 e. The summed E-state index contributed by atoms with van der Waals surface area (Å²) in [4.78, 5) is 4.35. The van der Waals surface area contributed by atoms with Gasteiger partial charge < -0.3 is 5.32 Å². The standard InChI is InChI=1S/C12H15BrN2/c13-10-2-4-12(14-7-10)15-11-3-1-8-5-9(8)6-11/h2,4,7-9,11H,1,3,5-6H2,(H,14,15). The third-order valence-electron chi connectivity index (χ3n) is 3.62. The van der Waals surface area contributed by atoms with Crippen molar-refractivity contribution in [3.05, 3.63) is 22.8 Å². The van der Waals surface area contributed by atoms with E-state index in [0.717, 1.165) is 22.1 Å². The van der Waals surface area contributed by atoms with E-state index < -0.39 is 0 Å². The Morgan fingerprint density at radius 3 is 2.87 bits per heavy atom. The number of nitrogens with zero attached hydrogens (tertiary/aromatic N) is 1. The summed E-state index contributed by atoms with van der Waals surface area (Å²) in [6, 6.07) is 4.74. The molecule has 80 valence electrons. The highest BCUT2D eigenvalue weighted by Crippen LogP contribution is 2.49. The molecule has 2 fully saturated rings. The van der Waals surface area contributed by atoms with Crippen LogP contribution in [0.15, 0.2) is 22.8 Å². The molecule has 3 unspecified atom stereocenters. The zero-order chi connectivity index (χ0) is 10.3. The van der Waals surface area contributed by atoms with Gasteiger partial charge in [0.15, 0.2) is 0 Å². The lowest BCUT2D eigenvalue weighted by Gasteiger charge is -2.22. The summed E-state index contributed by atoms with van der Waals surface area (Å²) in [5.41, 5.74) is 0. The minimum atomic E-state index is 0.655. The van der Waals surface area contributed by atoms with Crippen LogP contribution in [-0.4, -0.2) is 11.0 Å². The van der Waals surface area contributed by atoms with Crippen molar-refractivity contribution in [2.75, 3.05) is 5.32 Å². The van der Waals surface area contributed by atoms with Crippen LogP contribution >= 0.6 is 15.9 Å². The summed E-state index contributed by atoms with van der Waals surface area (Å²) < 4.78 is 1.04. The van der Waals surface area contributed by atoms with Gasteiger partial charge in [-0.3, -0.25) is 0 Å². The van der Waals surface area contributed by atoms with Crippen LogP contribution in [0.2, 0.25) is 0 Å². The molecule has 2 nitrogen and oxygen atoms in total. The van der Waals surface area contributed by atoms with Crippen LogP contribution in [-0.2, 0) is 0 Å². The van der Waals surface area contributed by atoms with Gasteiger partial charge in [-0.25, -0.2) is 4.98 Å². The largest absolute Gasteiger partial charge is 0.367 e. The van der Waals surface area contributed by atoms with E-state index in [9.17, 15) is 0 Å². The van der Waals surface area contributed by atoms with Gasteiger partial charge in [-0.15, -0.1) is 0 Å². The lowest BCUT2D eigenvalue weighted by molar-refractivity contribution is 0.441. The fourth-order valence-electron chi connectivity index (χ4n) is 2.65. The molecular weight excluding hydrogens is 252 g/mol. The summed E-state index contributed by atoms with van der Waals surface area (Å²) in [5.74, 6) is 3.11. The Kier molecular flexibility index (Phi) is 2.43. The summed E-state index contributed by atoms with van der Waals surface area (Å²) in [6.45, 7) is 0. The summed E-state index contributed by atoms with van der Waals surface area (Å²) >= 11 is 3.40. The second-order valence-electron chi connectivity index (χ2n) is 4.77. The van der Waals surface area contributed by atoms with Gasteiger partial charge in [-0.1, -0.05) is 0 Å². The Labute approximate surface area is 98.6 Å². The number of hydrogen-bond donors (Lipinski definition) is 1. The molecule has 2 aliphatic rings. The first-order valence-corrected chi connectivity index (χ1v) is 6.48. The normalized spacial score (nSPS) is 33.3. The van der Waals surface area contributed by atoms with Crippen molar-refractivity contribution in [2.24, 2.45) is 11.8 Å². The maximum atomic E-state index is 4.35. The first kappa shape index (κ1) is 9.64. The predicted molar refractivity (Wildman–Crippen MR) is 64.8 cm³/mol. The lowest BCUT2D eigenvalue weighted by atomic mass is 9.95. The molecule has 0 amide bonds. The Bertz CT molecular complexity index is 349. The molecule has 1 heterocycles. The summed E-state index contributed by atoms with van der Waals surface area (Å²) in [5, 5.41) is 3.53. The number of nitrogens with one attached hydrogen (secondary N) is 1. The number of rotatable bonds is 2. The third kappa shape index (κ3) is 2.17. The molecule has 1 aromatic heterocycles. The van der Waals surface area contributed by atoms with E-state index in [-0.39, 0.29) is 0 Å². The molecule has 0 radical (unpaired) electrons. The molecule has 0 spiro atoms. The van der Waals surface area contributed by atoms with Gasteiger partial charge >= 0.3 is 0 Å². The monoisotopic (exact) mass is 266 g/mol. The van der Waals surface area contributed by atoms with Crippen LogP contribution in [0.3, 0.4) is 0 Å². The van der Waals surface area contributed by atoms with Crippen molar-refractivity contribution < 1.29 is 0 Å². The molecule has 3 heteroatoms. The average Bonchev–Trinajstić information content (AvgIpc) is 3.00. The number of halogens is 1. The predicted octanol–water partition coefficient (Wildman–Crippen LogP) is 3.44. The van der Waals surface area contributed by atoms with Gasteiger partial charge in [0.1, 0.15) is 5.82 Å². The van der Waals surface area contributed by atoms with E-state index in [0.29, 0.717) is 6.04 Å². The number of hydrogen-bond acceptors (Lipinski definition) is 2. The van der Waals surface area contributed by atoms with Crippen LogP contribution < -0.4 is 5.32 Å². The van der Waals surface area contributed by atoms with Crippen LogP contribution in [0.4, 0.5) is 5.82 Å². The lowest BCUT2D eigenvalue weighted by Crippen LogP contribution is -2.24. The molecule has 0 bridgehead atoms. The first-order chi connectivity index (χ1) is 7.31. The van der Waals surface area contributed by atoms with Gasteiger partial charge in [0.05, 0.1) is 0 Å². The van der Waals surface area contributed by atoms with Crippen LogP contribution in [0.1, 0.15) is 25.7 Å². The molecule has 0 saturated heterocycles. The second-order valence-corrected chi connectivity index (χ2v) is 5.69. The average molecular weight is 267 g/mol. The van der Waals surface area contributed by atoms with Gasteiger partial charge in [0, 0.05) is 16.7 Å². The molecule has 3 atom stereocenters. The van der Waals surface area contributed by atoms with Crippen LogP contribution in [0.25, 0.3) is 0 Å². The molecular formula is C12H15BrN2.